The molecule has 15 heavy (non-hydrogen) atoms. The fraction of sp³-hybridized carbons (Fsp3) is 0.778. The second kappa shape index (κ2) is 7.00. The van der Waals surface area contributed by atoms with Gasteiger partial charge in [0.05, 0.1) is 21.1 Å². The van der Waals surface area contributed by atoms with Crippen molar-refractivity contribution in [1.29, 1.82) is 0 Å². The lowest BCUT2D eigenvalue weighted by Crippen LogP contribution is -2.45. The van der Waals surface area contributed by atoms with Crippen LogP contribution in [0.4, 0.5) is 0 Å². The summed E-state index contributed by atoms with van der Waals surface area (Å²) in [5.74, 6) is -1.67. The second-order valence-corrected chi connectivity index (χ2v) is 4.28. The average Bonchev–Trinajstić information content (AvgIpc) is 1.77. The first-order chi connectivity index (χ1) is 6.20. The van der Waals surface area contributed by atoms with E-state index in [0.29, 0.717) is 11.0 Å². The van der Waals surface area contributed by atoms with E-state index in [2.05, 4.69) is 0 Å². The van der Waals surface area contributed by atoms with Crippen LogP contribution in [0.15, 0.2) is 0 Å². The molecule has 0 aromatic heterocycles. The zero-order valence-electron chi connectivity index (χ0n) is 9.48. The number of hydrogen-bond acceptors (Lipinski definition) is 4. The summed E-state index contributed by atoms with van der Waals surface area (Å²) in [6.45, 7) is 1.71. The van der Waals surface area contributed by atoms with Crippen LogP contribution in [0.2, 0.25) is 0 Å². The maximum Gasteiger partial charge on any atom is 0.303 e. The van der Waals surface area contributed by atoms with E-state index in [1.54, 1.807) is 0 Å². The number of carboxylic acid groups (broad SMARTS) is 1. The van der Waals surface area contributed by atoms with Crippen LogP contribution in [0.3, 0.4) is 0 Å². The van der Waals surface area contributed by atoms with E-state index in [-0.39, 0.29) is 30.4 Å². The minimum atomic E-state index is -1.20. The van der Waals surface area contributed by atoms with Gasteiger partial charge in [-0.15, -0.1) is 24.0 Å². The smallest absolute Gasteiger partial charge is 0.303 e. The number of quaternary nitrogens is 1. The standard InChI is InChI=1S/C9H17NO4.HI/c1-7(11)14-8(5-9(12)13)6-10(2,3)4;/h8H,5-6H2,1-4H3;1H/t8-;/m1./s1. The highest BCUT2D eigenvalue weighted by molar-refractivity contribution is 14.0. The fourth-order valence-electron chi connectivity index (χ4n) is 1.17. The number of likely N-dealkylation sites (N-methyl/N-ethyl adjacent to an activating group) is 1. The zero-order chi connectivity index (χ0) is 11.4. The molecule has 0 amide bonds. The van der Waals surface area contributed by atoms with Gasteiger partial charge in [-0.1, -0.05) is 0 Å². The lowest BCUT2D eigenvalue weighted by Gasteiger charge is -2.28. The topological polar surface area (TPSA) is 66.4 Å². The Kier molecular flexibility index (Phi) is 7.95. The molecule has 6 heteroatoms. The summed E-state index contributed by atoms with van der Waals surface area (Å²) in [6.07, 6.45) is -0.868. The van der Waals surface area contributed by atoms with Crippen LogP contribution in [0, 0.1) is 0 Å². The number of carbonyl (C=O) groups is 2. The summed E-state index contributed by atoms with van der Waals surface area (Å²) in [4.78, 5) is 21.0. The molecular formula is C9H18INO4. The second-order valence-electron chi connectivity index (χ2n) is 4.28. The Labute approximate surface area is 107 Å². The lowest BCUT2D eigenvalue weighted by atomic mass is 10.2. The van der Waals surface area contributed by atoms with E-state index in [4.69, 9.17) is 4.74 Å². The van der Waals surface area contributed by atoms with Crippen LogP contribution in [-0.2, 0) is 14.3 Å². The Bertz CT molecular complexity index is 209. The van der Waals surface area contributed by atoms with Crippen molar-refractivity contribution in [2.75, 3.05) is 27.7 Å². The molecule has 0 aromatic rings. The molecule has 0 fully saturated rings. The molecular weight excluding hydrogens is 313 g/mol. The third kappa shape index (κ3) is 11.6. The summed E-state index contributed by atoms with van der Waals surface area (Å²) in [7, 11) is 5.68. The maximum absolute atomic E-state index is 10.7. The highest BCUT2D eigenvalue weighted by Crippen LogP contribution is 2.04. The monoisotopic (exact) mass is 331 g/mol. The number of rotatable bonds is 5. The van der Waals surface area contributed by atoms with Crippen molar-refractivity contribution in [3.05, 3.63) is 0 Å². The van der Waals surface area contributed by atoms with Gasteiger partial charge in [-0.2, -0.15) is 0 Å². The number of carboxylic acids is 1. The third-order valence-electron chi connectivity index (χ3n) is 1.48. The number of hydrogen-bond donors (Lipinski definition) is 0. The molecule has 0 N–H and O–H groups in total. The fourth-order valence-corrected chi connectivity index (χ4v) is 1.17. The Balaban J connectivity index is 0. The van der Waals surface area contributed by atoms with Gasteiger partial charge in [0.1, 0.15) is 6.54 Å². The van der Waals surface area contributed by atoms with Crippen molar-refractivity contribution < 1.29 is 23.9 Å². The zero-order valence-corrected chi connectivity index (χ0v) is 11.8. The minimum Gasteiger partial charge on any atom is -0.550 e. The molecule has 0 heterocycles. The van der Waals surface area contributed by atoms with Gasteiger partial charge >= 0.3 is 5.97 Å². The molecule has 0 radical (unpaired) electrons. The van der Waals surface area contributed by atoms with Crippen LogP contribution in [0.5, 0.6) is 0 Å². The van der Waals surface area contributed by atoms with Crippen molar-refractivity contribution in [1.82, 2.24) is 0 Å². The van der Waals surface area contributed by atoms with Gasteiger partial charge in [0.25, 0.3) is 0 Å². The summed E-state index contributed by atoms with van der Waals surface area (Å²) in [5.41, 5.74) is 0. The van der Waals surface area contributed by atoms with E-state index >= 15 is 0 Å². The summed E-state index contributed by atoms with van der Waals surface area (Å²) in [6, 6.07) is 0. The van der Waals surface area contributed by atoms with Crippen molar-refractivity contribution in [2.24, 2.45) is 0 Å². The van der Waals surface area contributed by atoms with Crippen molar-refractivity contribution in [3.63, 3.8) is 0 Å². The Morgan fingerprint density at radius 2 is 1.80 bits per heavy atom. The van der Waals surface area contributed by atoms with Gasteiger partial charge in [-0.05, 0) is 0 Å². The molecule has 0 aliphatic heterocycles. The summed E-state index contributed by atoms with van der Waals surface area (Å²) >= 11 is 0. The lowest BCUT2D eigenvalue weighted by molar-refractivity contribution is -0.873. The maximum atomic E-state index is 10.7. The molecule has 0 aromatic carbocycles. The quantitative estimate of drug-likeness (QED) is 0.383. The van der Waals surface area contributed by atoms with E-state index < -0.39 is 18.0 Å². The van der Waals surface area contributed by atoms with E-state index in [0.717, 1.165) is 0 Å². The number of esters is 1. The van der Waals surface area contributed by atoms with Crippen molar-refractivity contribution in [2.45, 2.75) is 19.4 Å². The first kappa shape index (κ1) is 17.0. The van der Waals surface area contributed by atoms with E-state index in [1.807, 2.05) is 21.1 Å². The number of ether oxygens (including phenoxy) is 1. The van der Waals surface area contributed by atoms with Gasteiger partial charge in [0.15, 0.2) is 6.10 Å². The molecule has 0 aliphatic carbocycles. The molecule has 0 saturated heterocycles. The van der Waals surface area contributed by atoms with Gasteiger partial charge in [-0.25, -0.2) is 0 Å². The van der Waals surface area contributed by atoms with Crippen LogP contribution in [-0.4, -0.2) is 50.2 Å². The number of nitrogens with zero attached hydrogens (tertiary/aromatic N) is 1. The first-order valence-electron chi connectivity index (χ1n) is 4.38. The molecule has 0 saturated carbocycles. The predicted octanol–water partition coefficient (Wildman–Crippen LogP) is -0.618. The van der Waals surface area contributed by atoms with Gasteiger partial charge in [-0.3, -0.25) is 4.79 Å². The van der Waals surface area contributed by atoms with Gasteiger partial charge in [0, 0.05) is 19.3 Å². The number of aliphatic carboxylic acids is 1. The van der Waals surface area contributed by atoms with Crippen molar-refractivity contribution in [3.8, 4) is 0 Å². The van der Waals surface area contributed by atoms with Crippen LogP contribution in [0.1, 0.15) is 13.3 Å². The molecule has 1 atom stereocenters. The Hall–Kier alpha value is -0.370. The predicted molar refractivity (Wildman–Crippen MR) is 63.5 cm³/mol. The highest BCUT2D eigenvalue weighted by Gasteiger charge is 2.20. The number of halogens is 1. The Morgan fingerprint density at radius 3 is 2.07 bits per heavy atom. The average molecular weight is 331 g/mol. The van der Waals surface area contributed by atoms with Gasteiger partial charge < -0.3 is 19.1 Å². The molecule has 0 bridgehead atoms. The molecule has 0 rings (SSSR count). The van der Waals surface area contributed by atoms with Crippen molar-refractivity contribution >= 4 is 35.9 Å². The molecule has 0 aliphatic rings. The third-order valence-corrected chi connectivity index (χ3v) is 1.48. The van der Waals surface area contributed by atoms with E-state index in [9.17, 15) is 14.7 Å². The molecule has 5 nitrogen and oxygen atoms in total. The molecule has 90 valence electrons. The van der Waals surface area contributed by atoms with Gasteiger partial charge in [0.2, 0.25) is 0 Å². The van der Waals surface area contributed by atoms with Crippen LogP contribution in [0.25, 0.3) is 0 Å². The SMILES string of the molecule is CC(=O)O[C@H](CC(=O)[O-])C[N+](C)(C)C.I. The largest absolute Gasteiger partial charge is 0.550 e. The summed E-state index contributed by atoms with van der Waals surface area (Å²) in [5, 5.41) is 10.4. The summed E-state index contributed by atoms with van der Waals surface area (Å²) < 4.78 is 5.39. The van der Waals surface area contributed by atoms with Crippen LogP contribution >= 0.6 is 24.0 Å². The van der Waals surface area contributed by atoms with Crippen LogP contribution < -0.4 is 5.11 Å². The normalized spacial score (nSPS) is 12.5. The molecule has 0 unspecified atom stereocenters. The Morgan fingerprint density at radius 1 is 1.33 bits per heavy atom. The minimum absolute atomic E-state index is 0. The van der Waals surface area contributed by atoms with E-state index in [1.165, 1.54) is 6.92 Å². The first-order valence-corrected chi connectivity index (χ1v) is 4.38. The highest BCUT2D eigenvalue weighted by atomic mass is 127. The molecule has 0 spiro atoms. The number of carbonyl (C=O) groups excluding carboxylic acids is 2.